The number of hydrogen-bond donors (Lipinski definition) is 2. The lowest BCUT2D eigenvalue weighted by Gasteiger charge is -2.10. The summed E-state index contributed by atoms with van der Waals surface area (Å²) in [6, 6.07) is 11.0. The van der Waals surface area contributed by atoms with E-state index >= 15 is 0 Å². The van der Waals surface area contributed by atoms with E-state index in [9.17, 15) is 4.79 Å². The van der Waals surface area contributed by atoms with Crippen molar-refractivity contribution >= 4 is 35.0 Å². The van der Waals surface area contributed by atoms with Crippen molar-refractivity contribution in [2.45, 2.75) is 39.0 Å². The summed E-state index contributed by atoms with van der Waals surface area (Å²) in [6.07, 6.45) is 10.6. The zero-order valence-corrected chi connectivity index (χ0v) is 16.4. The average molecular weight is 387 g/mol. The van der Waals surface area contributed by atoms with Gasteiger partial charge in [0.2, 0.25) is 5.91 Å². The molecule has 2 aromatic rings. The van der Waals surface area contributed by atoms with E-state index in [1.807, 2.05) is 24.3 Å². The molecule has 144 valence electrons. The molecule has 0 aliphatic carbocycles. The average Bonchev–Trinajstić information content (AvgIpc) is 3.18. The predicted octanol–water partition coefficient (Wildman–Crippen LogP) is 5.16. The van der Waals surface area contributed by atoms with Gasteiger partial charge in [0.05, 0.1) is 12.9 Å². The first-order valence-electron chi connectivity index (χ1n) is 9.24. The molecule has 1 aromatic carbocycles. The minimum Gasteiger partial charge on any atom is -0.494 e. The Morgan fingerprint density at radius 1 is 1.15 bits per heavy atom. The van der Waals surface area contributed by atoms with Crippen molar-refractivity contribution in [1.82, 2.24) is 5.32 Å². The molecule has 0 aliphatic rings. The molecule has 1 heterocycles. The molecule has 27 heavy (non-hydrogen) atoms. The van der Waals surface area contributed by atoms with E-state index in [0.29, 0.717) is 5.76 Å². The predicted molar refractivity (Wildman–Crippen MR) is 113 cm³/mol. The van der Waals surface area contributed by atoms with Crippen LogP contribution in [-0.2, 0) is 4.79 Å². The molecule has 2 N–H and O–H groups in total. The van der Waals surface area contributed by atoms with Gasteiger partial charge in [0.1, 0.15) is 11.5 Å². The number of hydrogen-bond acceptors (Lipinski definition) is 4. The van der Waals surface area contributed by atoms with Crippen LogP contribution >= 0.6 is 12.2 Å². The van der Waals surface area contributed by atoms with Crippen LogP contribution in [0.15, 0.2) is 53.2 Å². The number of anilines is 1. The summed E-state index contributed by atoms with van der Waals surface area (Å²) in [6.45, 7) is 2.94. The fourth-order valence-electron chi connectivity index (χ4n) is 2.39. The Labute approximate surface area is 165 Å². The molecule has 0 saturated carbocycles. The molecule has 1 aromatic heterocycles. The third kappa shape index (κ3) is 8.55. The van der Waals surface area contributed by atoms with Crippen molar-refractivity contribution < 1.29 is 13.9 Å². The summed E-state index contributed by atoms with van der Waals surface area (Å²) < 4.78 is 10.9. The number of ether oxygens (including phenoxy) is 1. The maximum Gasteiger partial charge on any atom is 0.250 e. The second kappa shape index (κ2) is 11.9. The van der Waals surface area contributed by atoms with E-state index in [2.05, 4.69) is 17.6 Å². The van der Waals surface area contributed by atoms with Crippen molar-refractivity contribution in [3.05, 3.63) is 54.5 Å². The van der Waals surface area contributed by atoms with E-state index in [4.69, 9.17) is 21.4 Å². The van der Waals surface area contributed by atoms with Crippen LogP contribution in [0.3, 0.4) is 0 Å². The van der Waals surface area contributed by atoms with Crippen LogP contribution in [0.1, 0.15) is 44.8 Å². The van der Waals surface area contributed by atoms with Crippen molar-refractivity contribution in [3.63, 3.8) is 0 Å². The number of carbonyl (C=O) groups excluding carboxylic acids is 1. The lowest BCUT2D eigenvalue weighted by Crippen LogP contribution is -2.32. The Kier molecular flexibility index (Phi) is 9.13. The first kappa shape index (κ1) is 20.7. The number of amides is 1. The number of nitrogens with one attached hydrogen (secondary N) is 2. The molecular weight excluding hydrogens is 360 g/mol. The lowest BCUT2D eigenvalue weighted by molar-refractivity contribution is -0.115. The minimum atomic E-state index is -0.327. The topological polar surface area (TPSA) is 63.5 Å². The quantitative estimate of drug-likeness (QED) is 0.336. The number of thiocarbonyl (C=S) groups is 1. The maximum atomic E-state index is 11.8. The van der Waals surface area contributed by atoms with Gasteiger partial charge in [-0.1, -0.05) is 32.6 Å². The highest BCUT2D eigenvalue weighted by atomic mass is 32.1. The van der Waals surface area contributed by atoms with Gasteiger partial charge in [-0.25, -0.2) is 0 Å². The van der Waals surface area contributed by atoms with E-state index in [1.54, 1.807) is 24.5 Å². The molecule has 0 atom stereocenters. The standard InChI is InChI=1S/C21H26N2O3S/c1-2-3-4-5-6-15-25-19-11-9-17(10-12-19)22-21(27)23-20(24)14-13-18-8-7-16-26-18/h7-14,16H,2-6,15H2,1H3,(H2,22,23,24,27)/b14-13+. The molecule has 0 spiro atoms. The SMILES string of the molecule is CCCCCCCOc1ccc(NC(=S)NC(=O)/C=C/c2ccco2)cc1. The van der Waals surface area contributed by atoms with Gasteiger partial charge in [-0.05, 0) is 61.1 Å². The Bertz CT molecular complexity index is 724. The van der Waals surface area contributed by atoms with Crippen molar-refractivity contribution in [2.24, 2.45) is 0 Å². The van der Waals surface area contributed by atoms with Crippen LogP contribution in [0.25, 0.3) is 6.08 Å². The van der Waals surface area contributed by atoms with Crippen LogP contribution in [0.2, 0.25) is 0 Å². The number of furan rings is 1. The molecule has 0 fully saturated rings. The summed E-state index contributed by atoms with van der Waals surface area (Å²) >= 11 is 5.15. The van der Waals surface area contributed by atoms with Crippen molar-refractivity contribution in [1.29, 1.82) is 0 Å². The zero-order valence-electron chi connectivity index (χ0n) is 15.6. The van der Waals surface area contributed by atoms with E-state index in [0.717, 1.165) is 24.5 Å². The highest BCUT2D eigenvalue weighted by Crippen LogP contribution is 2.16. The Hall–Kier alpha value is -2.60. The molecule has 6 heteroatoms. The van der Waals surface area contributed by atoms with Gasteiger partial charge in [-0.15, -0.1) is 0 Å². The van der Waals surface area contributed by atoms with Crippen LogP contribution in [0.5, 0.6) is 5.75 Å². The summed E-state index contributed by atoms with van der Waals surface area (Å²) in [5.74, 6) is 1.10. The smallest absolute Gasteiger partial charge is 0.250 e. The molecule has 2 rings (SSSR count). The Morgan fingerprint density at radius 2 is 1.93 bits per heavy atom. The monoisotopic (exact) mass is 386 g/mol. The molecule has 0 aliphatic heterocycles. The largest absolute Gasteiger partial charge is 0.494 e. The number of benzene rings is 1. The summed E-state index contributed by atoms with van der Waals surface area (Å²) in [4.78, 5) is 11.8. The van der Waals surface area contributed by atoms with E-state index < -0.39 is 0 Å². The van der Waals surface area contributed by atoms with Crippen LogP contribution in [0.4, 0.5) is 5.69 Å². The first-order valence-corrected chi connectivity index (χ1v) is 9.64. The second-order valence-corrected chi connectivity index (χ2v) is 6.49. The molecule has 1 amide bonds. The summed E-state index contributed by atoms with van der Waals surface area (Å²) in [7, 11) is 0. The number of carbonyl (C=O) groups is 1. The third-order valence-corrected chi connectivity index (χ3v) is 4.01. The lowest BCUT2D eigenvalue weighted by atomic mass is 10.2. The fraction of sp³-hybridized carbons (Fsp3) is 0.333. The number of unbranched alkanes of at least 4 members (excludes halogenated alkanes) is 4. The summed E-state index contributed by atoms with van der Waals surface area (Å²) in [5, 5.41) is 5.79. The molecule has 0 saturated heterocycles. The van der Waals surface area contributed by atoms with Crippen LogP contribution in [0, 0.1) is 0 Å². The molecular formula is C21H26N2O3S. The van der Waals surface area contributed by atoms with Gasteiger partial charge >= 0.3 is 0 Å². The van der Waals surface area contributed by atoms with Gasteiger partial charge in [0.25, 0.3) is 0 Å². The fourth-order valence-corrected chi connectivity index (χ4v) is 2.61. The van der Waals surface area contributed by atoms with E-state index in [1.165, 1.54) is 31.8 Å². The minimum absolute atomic E-state index is 0.230. The van der Waals surface area contributed by atoms with Gasteiger partial charge < -0.3 is 14.5 Å². The molecule has 0 radical (unpaired) electrons. The van der Waals surface area contributed by atoms with Crippen LogP contribution in [-0.4, -0.2) is 17.6 Å². The third-order valence-electron chi connectivity index (χ3n) is 3.81. The second-order valence-electron chi connectivity index (χ2n) is 6.08. The van der Waals surface area contributed by atoms with Crippen molar-refractivity contribution in [3.8, 4) is 5.75 Å². The van der Waals surface area contributed by atoms with E-state index in [-0.39, 0.29) is 11.0 Å². The van der Waals surface area contributed by atoms with Gasteiger partial charge in [0.15, 0.2) is 5.11 Å². The first-order chi connectivity index (χ1) is 13.2. The summed E-state index contributed by atoms with van der Waals surface area (Å²) in [5.41, 5.74) is 0.783. The van der Waals surface area contributed by atoms with Gasteiger partial charge in [-0.2, -0.15) is 0 Å². The Morgan fingerprint density at radius 3 is 2.63 bits per heavy atom. The van der Waals surface area contributed by atoms with Gasteiger partial charge in [-0.3, -0.25) is 10.1 Å². The molecule has 5 nitrogen and oxygen atoms in total. The highest BCUT2D eigenvalue weighted by molar-refractivity contribution is 7.80. The Balaban J connectivity index is 1.68. The van der Waals surface area contributed by atoms with Crippen LogP contribution < -0.4 is 15.4 Å². The highest BCUT2D eigenvalue weighted by Gasteiger charge is 2.03. The molecule has 0 bridgehead atoms. The molecule has 0 unspecified atom stereocenters. The number of rotatable bonds is 10. The van der Waals surface area contributed by atoms with Gasteiger partial charge in [0, 0.05) is 11.8 Å². The zero-order chi connectivity index (χ0) is 19.3. The van der Waals surface area contributed by atoms with Crippen molar-refractivity contribution in [2.75, 3.05) is 11.9 Å². The maximum absolute atomic E-state index is 11.8. The normalized spacial score (nSPS) is 10.7.